The Morgan fingerprint density at radius 2 is 1.96 bits per heavy atom. The Morgan fingerprint density at radius 1 is 1.23 bits per heavy atom. The highest BCUT2D eigenvalue weighted by molar-refractivity contribution is 5.77. The summed E-state index contributed by atoms with van der Waals surface area (Å²) < 4.78 is 25.0. The van der Waals surface area contributed by atoms with Crippen LogP contribution in [0.5, 0.6) is 0 Å². The summed E-state index contributed by atoms with van der Waals surface area (Å²) >= 11 is 0. The standard InChI is InChI=1S/C20H27FN2O3/c21-17-5-3-16(4-6-17)12-22-14-20(15-22)11-18(7-10-26-20)25-13-19(24)23-8-1-2-9-23/h3-6,18H,1-2,7-15H2. The Balaban J connectivity index is 1.22. The van der Waals surface area contributed by atoms with E-state index < -0.39 is 0 Å². The Morgan fingerprint density at radius 3 is 2.69 bits per heavy atom. The topological polar surface area (TPSA) is 42.0 Å². The first-order chi connectivity index (χ1) is 12.6. The van der Waals surface area contributed by atoms with Crippen molar-refractivity contribution in [1.29, 1.82) is 0 Å². The zero-order chi connectivity index (χ0) is 18.0. The monoisotopic (exact) mass is 362 g/mol. The van der Waals surface area contributed by atoms with E-state index in [4.69, 9.17) is 9.47 Å². The van der Waals surface area contributed by atoms with E-state index in [2.05, 4.69) is 4.90 Å². The molecule has 1 spiro atoms. The van der Waals surface area contributed by atoms with Gasteiger partial charge in [0.1, 0.15) is 12.4 Å². The average molecular weight is 362 g/mol. The SMILES string of the molecule is O=C(COC1CCOC2(C1)CN(Cc1ccc(F)cc1)C2)N1CCCC1. The Labute approximate surface area is 154 Å². The van der Waals surface area contributed by atoms with Gasteiger partial charge in [-0.05, 0) is 37.0 Å². The van der Waals surface area contributed by atoms with Gasteiger partial charge in [0.2, 0.25) is 5.91 Å². The lowest BCUT2D eigenvalue weighted by molar-refractivity contribution is -0.200. The van der Waals surface area contributed by atoms with Crippen LogP contribution in [0.25, 0.3) is 0 Å². The predicted octanol–water partition coefficient (Wildman–Crippen LogP) is 2.20. The molecule has 1 amide bonds. The number of amides is 1. The molecule has 3 fully saturated rings. The number of hydrogen-bond donors (Lipinski definition) is 0. The van der Waals surface area contributed by atoms with Crippen LogP contribution >= 0.6 is 0 Å². The van der Waals surface area contributed by atoms with Crippen LogP contribution in [0, 0.1) is 5.82 Å². The summed E-state index contributed by atoms with van der Waals surface area (Å²) in [6.45, 7) is 5.17. The molecular formula is C20H27FN2O3. The minimum absolute atomic E-state index is 0.100. The van der Waals surface area contributed by atoms with Gasteiger partial charge in [-0.1, -0.05) is 12.1 Å². The third kappa shape index (κ3) is 4.08. The van der Waals surface area contributed by atoms with Crippen molar-refractivity contribution in [3.05, 3.63) is 35.6 Å². The van der Waals surface area contributed by atoms with Gasteiger partial charge in [-0.2, -0.15) is 0 Å². The second-order valence-corrected chi connectivity index (χ2v) is 7.82. The molecular weight excluding hydrogens is 335 g/mol. The number of ether oxygens (including phenoxy) is 2. The molecule has 1 unspecified atom stereocenters. The third-order valence-electron chi connectivity index (χ3n) is 5.69. The minimum atomic E-state index is -0.201. The van der Waals surface area contributed by atoms with E-state index in [1.807, 2.05) is 17.0 Å². The summed E-state index contributed by atoms with van der Waals surface area (Å²) in [5, 5.41) is 0. The van der Waals surface area contributed by atoms with Gasteiger partial charge in [0.15, 0.2) is 0 Å². The number of carbonyl (C=O) groups is 1. The van der Waals surface area contributed by atoms with Gasteiger partial charge in [-0.25, -0.2) is 4.39 Å². The van der Waals surface area contributed by atoms with Gasteiger partial charge < -0.3 is 14.4 Å². The van der Waals surface area contributed by atoms with Crippen molar-refractivity contribution in [1.82, 2.24) is 9.80 Å². The zero-order valence-corrected chi connectivity index (χ0v) is 15.2. The Hall–Kier alpha value is -1.50. The van der Waals surface area contributed by atoms with E-state index >= 15 is 0 Å². The van der Waals surface area contributed by atoms with E-state index in [1.54, 1.807) is 0 Å². The number of halogens is 1. The van der Waals surface area contributed by atoms with Crippen molar-refractivity contribution in [2.75, 3.05) is 39.4 Å². The maximum atomic E-state index is 13.0. The molecule has 0 N–H and O–H groups in total. The van der Waals surface area contributed by atoms with Crippen LogP contribution in [0.15, 0.2) is 24.3 Å². The number of rotatable bonds is 5. The first-order valence-electron chi connectivity index (χ1n) is 9.62. The van der Waals surface area contributed by atoms with Crippen LogP contribution in [0.3, 0.4) is 0 Å². The summed E-state index contributed by atoms with van der Waals surface area (Å²) in [6, 6.07) is 6.67. The third-order valence-corrected chi connectivity index (χ3v) is 5.69. The van der Waals surface area contributed by atoms with E-state index in [9.17, 15) is 9.18 Å². The van der Waals surface area contributed by atoms with Crippen molar-refractivity contribution < 1.29 is 18.7 Å². The molecule has 0 saturated carbocycles. The van der Waals surface area contributed by atoms with Gasteiger partial charge >= 0.3 is 0 Å². The maximum absolute atomic E-state index is 13.0. The number of carbonyl (C=O) groups excluding carboxylic acids is 1. The van der Waals surface area contributed by atoms with Gasteiger partial charge in [0.25, 0.3) is 0 Å². The summed E-state index contributed by atoms with van der Waals surface area (Å²) in [5.41, 5.74) is 0.973. The summed E-state index contributed by atoms with van der Waals surface area (Å²) in [5.74, 6) is -0.0810. The molecule has 0 aliphatic carbocycles. The molecule has 4 rings (SSSR count). The second kappa shape index (κ2) is 7.62. The minimum Gasteiger partial charge on any atom is -0.372 e. The van der Waals surface area contributed by atoms with E-state index in [-0.39, 0.29) is 30.0 Å². The summed E-state index contributed by atoms with van der Waals surface area (Å²) in [7, 11) is 0. The Bertz CT molecular complexity index is 624. The molecule has 0 aromatic heterocycles. The number of benzene rings is 1. The fourth-order valence-electron chi connectivity index (χ4n) is 4.32. The first kappa shape index (κ1) is 17.9. The molecule has 1 atom stereocenters. The van der Waals surface area contributed by atoms with Crippen LogP contribution in [-0.4, -0.2) is 66.8 Å². The lowest BCUT2D eigenvalue weighted by atomic mass is 9.84. The smallest absolute Gasteiger partial charge is 0.248 e. The predicted molar refractivity (Wildman–Crippen MR) is 95.1 cm³/mol. The van der Waals surface area contributed by atoms with Gasteiger partial charge in [0, 0.05) is 45.8 Å². The normalized spacial score (nSPS) is 25.4. The number of nitrogens with zero attached hydrogens (tertiary/aromatic N) is 2. The molecule has 3 heterocycles. The van der Waals surface area contributed by atoms with Gasteiger partial charge in [0.05, 0.1) is 11.7 Å². The number of hydrogen-bond acceptors (Lipinski definition) is 4. The zero-order valence-electron chi connectivity index (χ0n) is 15.2. The van der Waals surface area contributed by atoms with E-state index in [1.165, 1.54) is 12.1 Å². The fourth-order valence-corrected chi connectivity index (χ4v) is 4.32. The highest BCUT2D eigenvalue weighted by Gasteiger charge is 2.47. The van der Waals surface area contributed by atoms with Crippen LogP contribution < -0.4 is 0 Å². The highest BCUT2D eigenvalue weighted by atomic mass is 19.1. The fraction of sp³-hybridized carbons (Fsp3) is 0.650. The molecule has 26 heavy (non-hydrogen) atoms. The van der Waals surface area contributed by atoms with Crippen molar-refractivity contribution in [2.45, 2.75) is 43.9 Å². The lowest BCUT2D eigenvalue weighted by Crippen LogP contribution is -2.65. The largest absolute Gasteiger partial charge is 0.372 e. The lowest BCUT2D eigenvalue weighted by Gasteiger charge is -2.53. The molecule has 3 saturated heterocycles. The van der Waals surface area contributed by atoms with E-state index in [0.717, 1.165) is 64.0 Å². The maximum Gasteiger partial charge on any atom is 0.248 e. The molecule has 142 valence electrons. The van der Waals surface area contributed by atoms with Crippen LogP contribution in [0.1, 0.15) is 31.2 Å². The molecule has 5 nitrogen and oxygen atoms in total. The van der Waals surface area contributed by atoms with Crippen molar-refractivity contribution >= 4 is 5.91 Å². The molecule has 0 radical (unpaired) electrons. The molecule has 3 aliphatic heterocycles. The summed E-state index contributed by atoms with van der Waals surface area (Å²) in [6.07, 6.45) is 4.02. The number of likely N-dealkylation sites (tertiary alicyclic amines) is 2. The van der Waals surface area contributed by atoms with Gasteiger partial charge in [-0.15, -0.1) is 0 Å². The van der Waals surface area contributed by atoms with Crippen molar-refractivity contribution in [3.63, 3.8) is 0 Å². The summed E-state index contributed by atoms with van der Waals surface area (Å²) in [4.78, 5) is 16.4. The van der Waals surface area contributed by atoms with Crippen LogP contribution in [0.4, 0.5) is 4.39 Å². The van der Waals surface area contributed by atoms with Gasteiger partial charge in [-0.3, -0.25) is 9.69 Å². The quantitative estimate of drug-likeness (QED) is 0.805. The first-order valence-corrected chi connectivity index (χ1v) is 9.62. The molecule has 0 bridgehead atoms. The van der Waals surface area contributed by atoms with Crippen molar-refractivity contribution in [2.24, 2.45) is 0 Å². The average Bonchev–Trinajstić information content (AvgIpc) is 3.15. The molecule has 3 aliphatic rings. The molecule has 1 aromatic rings. The van der Waals surface area contributed by atoms with Crippen molar-refractivity contribution in [3.8, 4) is 0 Å². The Kier molecular flexibility index (Phi) is 5.25. The van der Waals surface area contributed by atoms with E-state index in [0.29, 0.717) is 6.61 Å². The van der Waals surface area contributed by atoms with Crippen LogP contribution in [-0.2, 0) is 20.8 Å². The molecule has 6 heteroatoms. The second-order valence-electron chi connectivity index (χ2n) is 7.82. The van der Waals surface area contributed by atoms with Crippen LogP contribution in [0.2, 0.25) is 0 Å². The highest BCUT2D eigenvalue weighted by Crippen LogP contribution is 2.36. The molecule has 1 aromatic carbocycles.